The number of rotatable bonds is 3. The molecule has 0 bridgehead atoms. The number of hydrogen-bond acceptors (Lipinski definition) is 3. The van der Waals surface area contributed by atoms with Gasteiger partial charge in [-0.3, -0.25) is 0 Å². The summed E-state index contributed by atoms with van der Waals surface area (Å²) in [6, 6.07) is 0. The van der Waals surface area contributed by atoms with E-state index in [1.54, 1.807) is 14.2 Å². The molecule has 0 amide bonds. The fraction of sp³-hybridized carbons (Fsp3) is 0.571. The van der Waals surface area contributed by atoms with E-state index in [1.807, 2.05) is 13.8 Å². The fourth-order valence-electron chi connectivity index (χ4n) is 2.81. The number of halogens is 1. The second-order valence-corrected chi connectivity index (χ2v) is 5.39. The van der Waals surface area contributed by atoms with E-state index >= 15 is 0 Å². The van der Waals surface area contributed by atoms with Crippen LogP contribution in [0, 0.1) is 13.8 Å². The van der Waals surface area contributed by atoms with Crippen LogP contribution in [0.5, 0.6) is 11.5 Å². The quantitative estimate of drug-likeness (QED) is 0.916. The van der Waals surface area contributed by atoms with Crippen molar-refractivity contribution in [3.05, 3.63) is 21.7 Å². The standard InChI is InChI=1S/C14H20ClNO2/c1-8-10(14(16)6-5-7-14)12(17-3)9(2)11(15)13(8)18-4/h5-7,16H2,1-4H3. The maximum Gasteiger partial charge on any atom is 0.141 e. The molecule has 2 rings (SSSR count). The van der Waals surface area contributed by atoms with Gasteiger partial charge in [-0.25, -0.2) is 0 Å². The molecule has 0 spiro atoms. The molecule has 0 aromatic heterocycles. The van der Waals surface area contributed by atoms with Crippen molar-refractivity contribution >= 4 is 11.6 Å². The highest BCUT2D eigenvalue weighted by Gasteiger charge is 2.40. The fourth-order valence-corrected chi connectivity index (χ4v) is 3.12. The van der Waals surface area contributed by atoms with Gasteiger partial charge in [-0.2, -0.15) is 0 Å². The average Bonchev–Trinajstić information content (AvgIpc) is 2.31. The number of methoxy groups -OCH3 is 2. The van der Waals surface area contributed by atoms with Crippen LogP contribution in [0.15, 0.2) is 0 Å². The van der Waals surface area contributed by atoms with Gasteiger partial charge in [0.05, 0.1) is 19.2 Å². The van der Waals surface area contributed by atoms with Crippen LogP contribution in [0.4, 0.5) is 0 Å². The lowest BCUT2D eigenvalue weighted by atomic mass is 9.70. The summed E-state index contributed by atoms with van der Waals surface area (Å²) >= 11 is 6.32. The lowest BCUT2D eigenvalue weighted by molar-refractivity contribution is 0.241. The summed E-state index contributed by atoms with van der Waals surface area (Å²) in [5.74, 6) is 1.52. The second kappa shape index (κ2) is 4.63. The summed E-state index contributed by atoms with van der Waals surface area (Å²) in [4.78, 5) is 0. The van der Waals surface area contributed by atoms with E-state index in [1.165, 1.54) is 0 Å². The Morgan fingerprint density at radius 3 is 2.00 bits per heavy atom. The molecule has 0 aliphatic heterocycles. The predicted molar refractivity (Wildman–Crippen MR) is 73.7 cm³/mol. The first-order valence-corrected chi connectivity index (χ1v) is 6.54. The van der Waals surface area contributed by atoms with Crippen molar-refractivity contribution in [1.29, 1.82) is 0 Å². The molecule has 1 aliphatic carbocycles. The molecule has 0 radical (unpaired) electrons. The van der Waals surface area contributed by atoms with Gasteiger partial charge in [-0.05, 0) is 33.1 Å². The van der Waals surface area contributed by atoms with E-state index < -0.39 is 0 Å². The second-order valence-electron chi connectivity index (χ2n) is 5.02. The van der Waals surface area contributed by atoms with Crippen LogP contribution in [0.1, 0.15) is 36.0 Å². The van der Waals surface area contributed by atoms with Crippen molar-refractivity contribution in [2.75, 3.05) is 14.2 Å². The van der Waals surface area contributed by atoms with Gasteiger partial charge < -0.3 is 15.2 Å². The Morgan fingerprint density at radius 1 is 1.06 bits per heavy atom. The van der Waals surface area contributed by atoms with E-state index in [0.29, 0.717) is 10.8 Å². The van der Waals surface area contributed by atoms with Gasteiger partial charge in [0.15, 0.2) is 0 Å². The van der Waals surface area contributed by atoms with E-state index in [4.69, 9.17) is 26.8 Å². The van der Waals surface area contributed by atoms with E-state index in [-0.39, 0.29) is 5.54 Å². The van der Waals surface area contributed by atoms with Gasteiger partial charge in [0.2, 0.25) is 0 Å². The molecule has 0 saturated heterocycles. The first kappa shape index (κ1) is 13.5. The Hall–Kier alpha value is -0.930. The normalized spacial score (nSPS) is 17.2. The first-order valence-electron chi connectivity index (χ1n) is 6.16. The van der Waals surface area contributed by atoms with Crippen LogP contribution in [0.2, 0.25) is 5.02 Å². The minimum absolute atomic E-state index is 0.294. The highest BCUT2D eigenvalue weighted by Crippen LogP contribution is 2.50. The largest absolute Gasteiger partial charge is 0.496 e. The summed E-state index contributed by atoms with van der Waals surface area (Å²) in [6.07, 6.45) is 3.12. The summed E-state index contributed by atoms with van der Waals surface area (Å²) in [6.45, 7) is 3.93. The third kappa shape index (κ3) is 1.77. The zero-order valence-corrected chi connectivity index (χ0v) is 12.1. The topological polar surface area (TPSA) is 44.5 Å². The Bertz CT molecular complexity index is 481. The Kier molecular flexibility index (Phi) is 3.47. The van der Waals surface area contributed by atoms with Crippen molar-refractivity contribution < 1.29 is 9.47 Å². The molecule has 1 fully saturated rings. The molecular weight excluding hydrogens is 250 g/mol. The lowest BCUT2D eigenvalue weighted by Crippen LogP contribution is -2.44. The first-order chi connectivity index (χ1) is 8.46. The van der Waals surface area contributed by atoms with Crippen LogP contribution in [0.25, 0.3) is 0 Å². The Labute approximate surface area is 113 Å². The third-order valence-corrected chi connectivity index (χ3v) is 4.42. The van der Waals surface area contributed by atoms with Crippen LogP contribution in [0.3, 0.4) is 0 Å². The summed E-state index contributed by atoms with van der Waals surface area (Å²) in [7, 11) is 3.30. The van der Waals surface area contributed by atoms with E-state index in [9.17, 15) is 0 Å². The third-order valence-electron chi connectivity index (χ3n) is 3.96. The molecule has 1 aliphatic rings. The highest BCUT2D eigenvalue weighted by atomic mass is 35.5. The van der Waals surface area contributed by atoms with Gasteiger partial charge in [-0.1, -0.05) is 11.6 Å². The van der Waals surface area contributed by atoms with Crippen molar-refractivity contribution in [3.63, 3.8) is 0 Å². The van der Waals surface area contributed by atoms with Gasteiger partial charge >= 0.3 is 0 Å². The Morgan fingerprint density at radius 2 is 1.61 bits per heavy atom. The molecule has 1 aromatic carbocycles. The maximum absolute atomic E-state index is 6.47. The van der Waals surface area contributed by atoms with Crippen LogP contribution >= 0.6 is 11.6 Å². The van der Waals surface area contributed by atoms with Crippen molar-refractivity contribution in [2.24, 2.45) is 5.73 Å². The zero-order valence-electron chi connectivity index (χ0n) is 11.4. The molecule has 100 valence electrons. The zero-order chi connectivity index (χ0) is 13.5. The molecule has 4 heteroatoms. The van der Waals surface area contributed by atoms with Crippen molar-refractivity contribution in [3.8, 4) is 11.5 Å². The number of ether oxygens (including phenoxy) is 2. The minimum atomic E-state index is -0.294. The average molecular weight is 270 g/mol. The SMILES string of the molecule is COc1c(C)c(C2(N)CCC2)c(OC)c(C)c1Cl. The molecule has 0 unspecified atom stereocenters. The lowest BCUT2D eigenvalue weighted by Gasteiger charge is -2.41. The Balaban J connectivity index is 2.73. The molecule has 1 saturated carbocycles. The number of hydrogen-bond donors (Lipinski definition) is 1. The van der Waals surface area contributed by atoms with E-state index in [2.05, 4.69) is 0 Å². The summed E-state index contributed by atoms with van der Waals surface area (Å²) < 4.78 is 11.0. The molecule has 3 nitrogen and oxygen atoms in total. The number of benzene rings is 1. The van der Waals surface area contributed by atoms with Crippen molar-refractivity contribution in [1.82, 2.24) is 0 Å². The van der Waals surface area contributed by atoms with Crippen LogP contribution in [-0.2, 0) is 5.54 Å². The monoisotopic (exact) mass is 269 g/mol. The van der Waals surface area contributed by atoms with Gasteiger partial charge in [0.25, 0.3) is 0 Å². The van der Waals surface area contributed by atoms with Gasteiger partial charge in [0.1, 0.15) is 11.5 Å². The molecule has 0 atom stereocenters. The maximum atomic E-state index is 6.47. The van der Waals surface area contributed by atoms with Crippen molar-refractivity contribution in [2.45, 2.75) is 38.6 Å². The predicted octanol–water partition coefficient (Wildman–Crippen LogP) is 3.31. The molecule has 2 N–H and O–H groups in total. The highest BCUT2D eigenvalue weighted by molar-refractivity contribution is 6.33. The number of nitrogens with two attached hydrogens (primary N) is 1. The van der Waals surface area contributed by atoms with Crippen LogP contribution in [-0.4, -0.2) is 14.2 Å². The minimum Gasteiger partial charge on any atom is -0.496 e. The van der Waals surface area contributed by atoms with E-state index in [0.717, 1.165) is 41.7 Å². The molecular formula is C14H20ClNO2. The summed E-state index contributed by atoms with van der Waals surface area (Å²) in [5, 5.41) is 0.610. The smallest absolute Gasteiger partial charge is 0.141 e. The van der Waals surface area contributed by atoms with Gasteiger partial charge in [-0.15, -0.1) is 0 Å². The molecule has 0 heterocycles. The molecule has 1 aromatic rings. The summed E-state index contributed by atoms with van der Waals surface area (Å²) in [5.41, 5.74) is 9.11. The van der Waals surface area contributed by atoms with Crippen LogP contribution < -0.4 is 15.2 Å². The van der Waals surface area contributed by atoms with Gasteiger partial charge in [0, 0.05) is 22.2 Å². The molecule has 18 heavy (non-hydrogen) atoms.